The number of nitrogens with one attached hydrogen (secondary N) is 2. The molecule has 2 atom stereocenters. The molecule has 1 heterocycles. The van der Waals surface area contributed by atoms with Crippen molar-refractivity contribution in [2.45, 2.75) is 38.3 Å². The van der Waals surface area contributed by atoms with Gasteiger partial charge in [0.2, 0.25) is 19.7 Å². The Morgan fingerprint density at radius 3 is 2.55 bits per heavy atom. The van der Waals surface area contributed by atoms with Crippen molar-refractivity contribution >= 4 is 25.5 Å². The first-order chi connectivity index (χ1) is 9.47. The van der Waals surface area contributed by atoms with E-state index in [-0.39, 0.29) is 29.7 Å². The summed E-state index contributed by atoms with van der Waals surface area (Å²) in [6.07, 6.45) is 2.22. The maximum absolute atomic E-state index is 12.1. The van der Waals surface area contributed by atoms with Gasteiger partial charge >= 0.3 is 0 Å². The van der Waals surface area contributed by atoms with Crippen LogP contribution in [0.3, 0.4) is 0 Å². The summed E-state index contributed by atoms with van der Waals surface area (Å²) >= 11 is 0. The van der Waals surface area contributed by atoms with Gasteiger partial charge in [0.05, 0.1) is 12.1 Å². The number of nitrogens with zero attached hydrogens (tertiary/aromatic N) is 1. The van der Waals surface area contributed by atoms with E-state index in [9.17, 15) is 14.4 Å². The Morgan fingerprint density at radius 1 is 1.35 bits per heavy atom. The number of likely N-dealkylation sites (tertiary alicyclic amines) is 1. The first-order valence-corrected chi connectivity index (χ1v) is 7.04. The van der Waals surface area contributed by atoms with Crippen molar-refractivity contribution in [2.24, 2.45) is 5.73 Å². The number of amides is 3. The SMILES string of the molecule is BC(=O)NCCNC(=O)C1CCCN1[C@@H](CC)C(N)=O. The fourth-order valence-electron chi connectivity index (χ4n) is 2.58. The van der Waals surface area contributed by atoms with Crippen LogP contribution in [0.15, 0.2) is 0 Å². The highest BCUT2D eigenvalue weighted by molar-refractivity contribution is 6.57. The Hall–Kier alpha value is -1.57. The van der Waals surface area contributed by atoms with Crippen LogP contribution in [-0.2, 0) is 9.59 Å². The lowest BCUT2D eigenvalue weighted by molar-refractivity contribution is -0.129. The van der Waals surface area contributed by atoms with Crippen LogP contribution in [-0.4, -0.2) is 62.1 Å². The number of carbonyl (C=O) groups excluding carboxylic acids is 3. The van der Waals surface area contributed by atoms with Crippen LogP contribution in [0.4, 0.5) is 4.79 Å². The van der Waals surface area contributed by atoms with Gasteiger partial charge in [-0.3, -0.25) is 19.3 Å². The summed E-state index contributed by atoms with van der Waals surface area (Å²) in [6, 6.07) is -0.687. The lowest BCUT2D eigenvalue weighted by Gasteiger charge is -2.29. The largest absolute Gasteiger partial charge is 0.368 e. The van der Waals surface area contributed by atoms with Gasteiger partial charge in [-0.15, -0.1) is 0 Å². The fourth-order valence-corrected chi connectivity index (χ4v) is 2.58. The summed E-state index contributed by atoms with van der Waals surface area (Å²) in [5.41, 5.74) is 5.38. The molecule has 112 valence electrons. The van der Waals surface area contributed by atoms with Gasteiger partial charge in [-0.1, -0.05) is 6.92 Å². The number of primary amides is 1. The molecule has 3 amide bonds. The smallest absolute Gasteiger partial charge is 0.237 e. The van der Waals surface area contributed by atoms with Crippen molar-refractivity contribution in [1.29, 1.82) is 0 Å². The molecule has 0 aliphatic carbocycles. The Kier molecular flexibility index (Phi) is 6.50. The van der Waals surface area contributed by atoms with Crippen LogP contribution in [0.1, 0.15) is 26.2 Å². The van der Waals surface area contributed by atoms with Gasteiger partial charge in [0.1, 0.15) is 0 Å². The Morgan fingerprint density at radius 2 is 2.00 bits per heavy atom. The van der Waals surface area contributed by atoms with E-state index in [4.69, 9.17) is 5.73 Å². The Bertz CT molecular complexity index is 378. The first kappa shape index (κ1) is 16.5. The molecule has 0 bridgehead atoms. The average molecular weight is 282 g/mol. The summed E-state index contributed by atoms with van der Waals surface area (Å²) in [5.74, 6) is -0.612. The van der Waals surface area contributed by atoms with Crippen molar-refractivity contribution in [3.8, 4) is 0 Å². The molecule has 0 aromatic rings. The minimum atomic E-state index is -0.386. The van der Waals surface area contributed by atoms with Crippen molar-refractivity contribution < 1.29 is 14.4 Å². The molecule has 7 nitrogen and oxygen atoms in total. The number of hydrogen-bond acceptors (Lipinski definition) is 4. The van der Waals surface area contributed by atoms with Crippen molar-refractivity contribution in [1.82, 2.24) is 15.5 Å². The second-order valence-electron chi connectivity index (χ2n) is 5.00. The second kappa shape index (κ2) is 7.89. The van der Waals surface area contributed by atoms with Crippen LogP contribution >= 0.6 is 0 Å². The number of hydrogen-bond donors (Lipinski definition) is 3. The zero-order chi connectivity index (χ0) is 15.1. The average Bonchev–Trinajstić information content (AvgIpc) is 2.83. The zero-order valence-electron chi connectivity index (χ0n) is 12.1. The maximum Gasteiger partial charge on any atom is 0.237 e. The first-order valence-electron chi connectivity index (χ1n) is 7.04. The summed E-state index contributed by atoms with van der Waals surface area (Å²) < 4.78 is 0. The molecule has 20 heavy (non-hydrogen) atoms. The molecule has 8 heteroatoms. The third-order valence-electron chi connectivity index (χ3n) is 3.51. The molecule has 0 saturated carbocycles. The van der Waals surface area contributed by atoms with Crippen molar-refractivity contribution in [3.05, 3.63) is 0 Å². The van der Waals surface area contributed by atoms with Gasteiger partial charge < -0.3 is 16.4 Å². The molecule has 1 aliphatic rings. The Labute approximate surface area is 120 Å². The molecule has 0 spiro atoms. The Balaban J connectivity index is 2.49. The van der Waals surface area contributed by atoms with E-state index in [1.54, 1.807) is 0 Å². The van der Waals surface area contributed by atoms with Crippen molar-refractivity contribution in [3.63, 3.8) is 0 Å². The number of rotatable bonds is 7. The van der Waals surface area contributed by atoms with Gasteiger partial charge in [0.25, 0.3) is 0 Å². The van der Waals surface area contributed by atoms with E-state index in [0.29, 0.717) is 26.1 Å². The monoisotopic (exact) mass is 282 g/mol. The fraction of sp³-hybridized carbons (Fsp3) is 0.750. The predicted octanol–water partition coefficient (Wildman–Crippen LogP) is -1.83. The van der Waals surface area contributed by atoms with Crippen LogP contribution in [0.5, 0.6) is 0 Å². The van der Waals surface area contributed by atoms with Gasteiger partial charge in [0.15, 0.2) is 5.81 Å². The van der Waals surface area contributed by atoms with E-state index < -0.39 is 0 Å². The minimum absolute atomic E-state index is 0.104. The molecule has 0 aromatic carbocycles. The van der Waals surface area contributed by atoms with Crippen LogP contribution < -0.4 is 16.4 Å². The maximum atomic E-state index is 12.1. The molecule has 1 unspecified atom stereocenters. The van der Waals surface area contributed by atoms with E-state index in [0.717, 1.165) is 12.8 Å². The molecular formula is C12H23BN4O3. The zero-order valence-corrected chi connectivity index (χ0v) is 12.1. The third kappa shape index (κ3) is 4.52. The second-order valence-corrected chi connectivity index (χ2v) is 5.00. The summed E-state index contributed by atoms with van der Waals surface area (Å²) in [4.78, 5) is 36.1. The molecular weight excluding hydrogens is 259 g/mol. The summed E-state index contributed by atoms with van der Waals surface area (Å²) in [6.45, 7) is 3.39. The van der Waals surface area contributed by atoms with Crippen LogP contribution in [0.25, 0.3) is 0 Å². The van der Waals surface area contributed by atoms with Gasteiger partial charge in [0, 0.05) is 13.1 Å². The van der Waals surface area contributed by atoms with E-state index in [2.05, 4.69) is 10.6 Å². The van der Waals surface area contributed by atoms with Crippen molar-refractivity contribution in [2.75, 3.05) is 19.6 Å². The van der Waals surface area contributed by atoms with Crippen LogP contribution in [0.2, 0.25) is 0 Å². The highest BCUT2D eigenvalue weighted by atomic mass is 16.2. The standard InChI is InChI=1S/C12H23BN4O3/c1-2-8(10(14)18)17-7-3-4-9(17)11(19)15-5-6-16-12(13)20/h8-9H,2-7,13H2,1H3,(H2,14,18)(H,15,19)(H,16,20)/t8-,9?/m0/s1. The highest BCUT2D eigenvalue weighted by Gasteiger charge is 2.36. The topological polar surface area (TPSA) is 105 Å². The minimum Gasteiger partial charge on any atom is -0.368 e. The van der Waals surface area contributed by atoms with Gasteiger partial charge in [-0.2, -0.15) is 0 Å². The van der Waals surface area contributed by atoms with Gasteiger partial charge in [-0.25, -0.2) is 0 Å². The molecule has 0 radical (unpaired) electrons. The molecule has 1 fully saturated rings. The molecule has 4 N–H and O–H groups in total. The molecule has 1 rings (SSSR count). The quantitative estimate of drug-likeness (QED) is 0.377. The van der Waals surface area contributed by atoms with E-state index in [1.165, 1.54) is 7.85 Å². The number of carbonyl (C=O) groups is 3. The normalized spacial score (nSPS) is 20.4. The van der Waals surface area contributed by atoms with E-state index in [1.807, 2.05) is 11.8 Å². The molecule has 1 saturated heterocycles. The van der Waals surface area contributed by atoms with E-state index >= 15 is 0 Å². The predicted molar refractivity (Wildman–Crippen MR) is 78.0 cm³/mol. The highest BCUT2D eigenvalue weighted by Crippen LogP contribution is 2.21. The third-order valence-corrected chi connectivity index (χ3v) is 3.51. The van der Waals surface area contributed by atoms with Crippen LogP contribution in [0, 0.1) is 0 Å². The van der Waals surface area contributed by atoms with Gasteiger partial charge in [-0.05, 0) is 25.8 Å². The summed E-state index contributed by atoms with van der Waals surface area (Å²) in [5, 5.41) is 5.39. The number of nitrogens with two attached hydrogens (primary N) is 1. The molecule has 0 aromatic heterocycles. The molecule has 1 aliphatic heterocycles. The lowest BCUT2D eigenvalue weighted by atomic mass is 10.1. The summed E-state index contributed by atoms with van der Waals surface area (Å²) in [7, 11) is 1.43. The lowest BCUT2D eigenvalue weighted by Crippen LogP contribution is -2.52.